The van der Waals surface area contributed by atoms with Gasteiger partial charge in [0, 0.05) is 40.8 Å². The number of nitrogens with two attached hydrogens (primary N) is 1. The molecule has 0 saturated heterocycles. The Morgan fingerprint density at radius 2 is 1.94 bits per heavy atom. The molecule has 2 aliphatic rings. The van der Waals surface area contributed by atoms with Gasteiger partial charge in [0.25, 0.3) is 0 Å². The highest BCUT2D eigenvalue weighted by Gasteiger charge is 2.32. The number of hydrogen-bond donors (Lipinski definition) is 3. The number of hydrogen-bond acceptors (Lipinski definition) is 6. The topological polar surface area (TPSA) is 97.0 Å². The maximum atomic E-state index is 11.4. The van der Waals surface area contributed by atoms with Crippen LogP contribution < -0.4 is 25.4 Å². The number of benzene rings is 3. The molecular formula is C26H27N3O4. The van der Waals surface area contributed by atoms with E-state index >= 15 is 0 Å². The van der Waals surface area contributed by atoms with Crippen molar-refractivity contribution in [2.24, 2.45) is 0 Å². The molecule has 33 heavy (non-hydrogen) atoms. The van der Waals surface area contributed by atoms with E-state index in [4.69, 9.17) is 15.2 Å². The van der Waals surface area contributed by atoms with E-state index in [9.17, 15) is 9.90 Å². The van der Waals surface area contributed by atoms with E-state index in [-0.39, 0.29) is 12.6 Å². The van der Waals surface area contributed by atoms with Gasteiger partial charge in [0.15, 0.2) is 0 Å². The summed E-state index contributed by atoms with van der Waals surface area (Å²) >= 11 is 0. The van der Waals surface area contributed by atoms with Crippen LogP contribution in [0.1, 0.15) is 36.4 Å². The molecule has 2 heterocycles. The molecule has 3 aromatic rings. The average molecular weight is 446 g/mol. The smallest absolute Gasteiger partial charge is 0.314 e. The Hall–Kier alpha value is -3.87. The minimum Gasteiger partial charge on any atom is -0.492 e. The van der Waals surface area contributed by atoms with Crippen molar-refractivity contribution in [2.45, 2.75) is 25.3 Å². The van der Waals surface area contributed by atoms with Crippen molar-refractivity contribution < 1.29 is 19.4 Å². The zero-order valence-corrected chi connectivity index (χ0v) is 18.5. The molecule has 0 fully saturated rings. The molecule has 2 aliphatic heterocycles. The molecule has 0 aliphatic carbocycles. The molecule has 0 bridgehead atoms. The first-order valence-electron chi connectivity index (χ1n) is 11.2. The third-order valence-corrected chi connectivity index (χ3v) is 6.15. The van der Waals surface area contributed by atoms with Gasteiger partial charge in [-0.25, -0.2) is 0 Å². The van der Waals surface area contributed by atoms with Crippen LogP contribution in [0.3, 0.4) is 0 Å². The van der Waals surface area contributed by atoms with E-state index in [0.29, 0.717) is 12.4 Å². The molecule has 0 amide bonds. The Morgan fingerprint density at radius 3 is 2.73 bits per heavy atom. The molecule has 3 aromatic carbocycles. The molecule has 2 atom stereocenters. The maximum absolute atomic E-state index is 11.4. The summed E-state index contributed by atoms with van der Waals surface area (Å²) in [6.45, 7) is 3.66. The van der Waals surface area contributed by atoms with Crippen molar-refractivity contribution in [3.63, 3.8) is 0 Å². The molecule has 2 unspecified atom stereocenters. The van der Waals surface area contributed by atoms with E-state index in [1.165, 1.54) is 0 Å². The van der Waals surface area contributed by atoms with Crippen molar-refractivity contribution in [2.75, 3.05) is 35.7 Å². The third kappa shape index (κ3) is 3.91. The Kier molecular flexibility index (Phi) is 5.46. The highest BCUT2D eigenvalue weighted by Crippen LogP contribution is 2.45. The van der Waals surface area contributed by atoms with Crippen LogP contribution in [0.25, 0.3) is 0 Å². The second-order valence-electron chi connectivity index (χ2n) is 8.40. The number of carboxylic acid groups (broad SMARTS) is 1. The number of rotatable bonds is 7. The Morgan fingerprint density at radius 1 is 1.09 bits per heavy atom. The standard InChI is InChI=1S/C26H27N3O4/c1-2-11-29(18-6-3-5-16(27)12-18)23-8-4-7-20-22(15-33-25(20)23)28-17-9-10-19-21(26(30)31)14-32-24(19)13-17/h3-10,12-13,21-22,28H,2,11,14-15,27H2,1H3,(H,30,31). The van der Waals surface area contributed by atoms with Crippen molar-refractivity contribution >= 4 is 28.7 Å². The average Bonchev–Trinajstić information content (AvgIpc) is 3.42. The van der Waals surface area contributed by atoms with E-state index in [1.807, 2.05) is 36.4 Å². The molecule has 0 aromatic heterocycles. The van der Waals surface area contributed by atoms with Crippen molar-refractivity contribution in [3.05, 3.63) is 71.8 Å². The van der Waals surface area contributed by atoms with Crippen LogP contribution in [0.2, 0.25) is 0 Å². The fourth-order valence-electron chi connectivity index (χ4n) is 4.57. The molecule has 170 valence electrons. The van der Waals surface area contributed by atoms with Crippen LogP contribution in [-0.2, 0) is 4.79 Å². The lowest BCUT2D eigenvalue weighted by atomic mass is 10.0. The van der Waals surface area contributed by atoms with Crippen molar-refractivity contribution in [1.82, 2.24) is 0 Å². The normalized spacial score (nSPS) is 18.1. The van der Waals surface area contributed by atoms with Gasteiger partial charge in [-0.15, -0.1) is 0 Å². The summed E-state index contributed by atoms with van der Waals surface area (Å²) in [5.41, 5.74) is 11.5. The van der Waals surface area contributed by atoms with Gasteiger partial charge in [0.1, 0.15) is 30.6 Å². The third-order valence-electron chi connectivity index (χ3n) is 6.15. The fraction of sp³-hybridized carbons (Fsp3) is 0.269. The number of para-hydroxylation sites is 1. The van der Waals surface area contributed by atoms with Crippen LogP contribution in [0.5, 0.6) is 11.5 Å². The number of aliphatic carboxylic acids is 1. The summed E-state index contributed by atoms with van der Waals surface area (Å²) in [7, 11) is 0. The van der Waals surface area contributed by atoms with Gasteiger partial charge in [0.2, 0.25) is 0 Å². The monoisotopic (exact) mass is 445 g/mol. The Balaban J connectivity index is 1.42. The van der Waals surface area contributed by atoms with Gasteiger partial charge in [0.05, 0.1) is 11.7 Å². The molecule has 7 heteroatoms. The Bertz CT molecular complexity index is 1200. The zero-order valence-electron chi connectivity index (χ0n) is 18.5. The molecule has 0 saturated carbocycles. The molecule has 0 spiro atoms. The predicted molar refractivity (Wildman–Crippen MR) is 129 cm³/mol. The number of nitrogens with one attached hydrogen (secondary N) is 1. The predicted octanol–water partition coefficient (Wildman–Crippen LogP) is 4.92. The molecule has 0 radical (unpaired) electrons. The zero-order chi connectivity index (χ0) is 22.9. The second-order valence-corrected chi connectivity index (χ2v) is 8.40. The van der Waals surface area contributed by atoms with E-state index in [0.717, 1.165) is 52.6 Å². The summed E-state index contributed by atoms with van der Waals surface area (Å²) in [4.78, 5) is 13.6. The highest BCUT2D eigenvalue weighted by molar-refractivity contribution is 5.79. The lowest BCUT2D eigenvalue weighted by molar-refractivity contribution is -0.138. The number of anilines is 4. The lowest BCUT2D eigenvalue weighted by Gasteiger charge is -2.26. The van der Waals surface area contributed by atoms with Gasteiger partial charge in [-0.2, -0.15) is 0 Å². The number of fused-ring (bicyclic) bond motifs is 2. The van der Waals surface area contributed by atoms with Crippen molar-refractivity contribution in [3.8, 4) is 11.5 Å². The first kappa shape index (κ1) is 21.0. The van der Waals surface area contributed by atoms with Gasteiger partial charge in [-0.3, -0.25) is 4.79 Å². The number of nitrogen functional groups attached to an aromatic ring is 1. The minimum atomic E-state index is -0.864. The largest absolute Gasteiger partial charge is 0.492 e. The van der Waals surface area contributed by atoms with Gasteiger partial charge >= 0.3 is 5.97 Å². The number of nitrogens with zero attached hydrogens (tertiary/aromatic N) is 1. The summed E-state index contributed by atoms with van der Waals surface area (Å²) in [6.07, 6.45) is 0.979. The van der Waals surface area contributed by atoms with E-state index < -0.39 is 11.9 Å². The summed E-state index contributed by atoms with van der Waals surface area (Å²) in [5, 5.41) is 12.9. The van der Waals surface area contributed by atoms with Gasteiger partial charge in [-0.05, 0) is 36.8 Å². The van der Waals surface area contributed by atoms with E-state index in [2.05, 4.69) is 41.4 Å². The van der Waals surface area contributed by atoms with Crippen LogP contribution in [0.4, 0.5) is 22.7 Å². The van der Waals surface area contributed by atoms with E-state index in [1.54, 1.807) is 0 Å². The first-order chi connectivity index (χ1) is 16.0. The molecule has 5 rings (SSSR count). The molecule has 7 nitrogen and oxygen atoms in total. The van der Waals surface area contributed by atoms with Crippen molar-refractivity contribution in [1.29, 1.82) is 0 Å². The second kappa shape index (κ2) is 8.58. The SMILES string of the molecule is CCCN(c1cccc(N)c1)c1cccc2c1OCC2Nc1ccc2c(c1)OCC2C(=O)O. The van der Waals surface area contributed by atoms with Crippen LogP contribution in [0.15, 0.2) is 60.7 Å². The highest BCUT2D eigenvalue weighted by atomic mass is 16.5. The van der Waals surface area contributed by atoms with Gasteiger partial charge in [-0.1, -0.05) is 31.2 Å². The summed E-state index contributed by atoms with van der Waals surface area (Å²) in [6, 6.07) is 19.7. The van der Waals surface area contributed by atoms with Crippen LogP contribution in [0, 0.1) is 0 Å². The molecule has 4 N–H and O–H groups in total. The number of carbonyl (C=O) groups is 1. The fourth-order valence-corrected chi connectivity index (χ4v) is 4.57. The Labute approximate surface area is 192 Å². The minimum absolute atomic E-state index is 0.0287. The number of ether oxygens (including phenoxy) is 2. The van der Waals surface area contributed by atoms with Crippen LogP contribution in [-0.4, -0.2) is 30.8 Å². The van der Waals surface area contributed by atoms with Gasteiger partial charge < -0.3 is 30.5 Å². The van der Waals surface area contributed by atoms with Crippen LogP contribution >= 0.6 is 0 Å². The number of carboxylic acids is 1. The molecular weight excluding hydrogens is 418 g/mol. The maximum Gasteiger partial charge on any atom is 0.314 e. The first-order valence-corrected chi connectivity index (χ1v) is 11.2. The lowest BCUT2D eigenvalue weighted by Crippen LogP contribution is -2.18. The quantitative estimate of drug-likeness (QED) is 0.444. The summed E-state index contributed by atoms with van der Waals surface area (Å²) in [5.74, 6) is 0.0194. The summed E-state index contributed by atoms with van der Waals surface area (Å²) < 4.78 is 11.8.